The predicted octanol–water partition coefficient (Wildman–Crippen LogP) is 3.04. The number of hydrogen-bond acceptors (Lipinski definition) is 7. The van der Waals surface area contributed by atoms with Crippen LogP contribution in [0.3, 0.4) is 0 Å². The summed E-state index contributed by atoms with van der Waals surface area (Å²) in [6.45, 7) is 4.44. The molecule has 0 aliphatic carbocycles. The molecule has 0 fully saturated rings. The van der Waals surface area contributed by atoms with Gasteiger partial charge in [0.15, 0.2) is 5.65 Å². The van der Waals surface area contributed by atoms with Crippen LogP contribution in [0.15, 0.2) is 36.9 Å². The standard InChI is InChI=1S/C19H23N9/c1-4-5-13(2)10-17-25-26-18-11-15(21-12-28(17)18)14-6-8-20-19(23-14)24-16-7-9-22-27(16)3/h6-9,11-13H,4-5,10H2,1-3H3,(H,20,23,24). The van der Waals surface area contributed by atoms with E-state index in [1.807, 2.05) is 29.6 Å². The molecule has 4 heterocycles. The van der Waals surface area contributed by atoms with Crippen LogP contribution in [0.1, 0.15) is 32.5 Å². The second-order valence-corrected chi connectivity index (χ2v) is 6.95. The van der Waals surface area contributed by atoms with Crippen molar-refractivity contribution in [1.29, 1.82) is 0 Å². The molecular weight excluding hydrogens is 354 g/mol. The number of nitrogens with zero attached hydrogens (tertiary/aromatic N) is 8. The van der Waals surface area contributed by atoms with Crippen molar-refractivity contribution in [3.63, 3.8) is 0 Å². The van der Waals surface area contributed by atoms with Crippen molar-refractivity contribution in [2.24, 2.45) is 13.0 Å². The van der Waals surface area contributed by atoms with Gasteiger partial charge in [0.1, 0.15) is 18.0 Å². The van der Waals surface area contributed by atoms with Crippen LogP contribution < -0.4 is 5.32 Å². The molecule has 0 radical (unpaired) electrons. The Labute approximate surface area is 162 Å². The van der Waals surface area contributed by atoms with E-state index in [1.54, 1.807) is 23.4 Å². The molecule has 28 heavy (non-hydrogen) atoms. The zero-order valence-corrected chi connectivity index (χ0v) is 16.2. The third kappa shape index (κ3) is 3.68. The van der Waals surface area contributed by atoms with E-state index in [0.29, 0.717) is 17.6 Å². The third-order valence-corrected chi connectivity index (χ3v) is 4.66. The number of anilines is 2. The fourth-order valence-electron chi connectivity index (χ4n) is 3.20. The summed E-state index contributed by atoms with van der Waals surface area (Å²) in [6.07, 6.45) is 8.43. The first kappa shape index (κ1) is 18.0. The Morgan fingerprint density at radius 3 is 2.79 bits per heavy atom. The van der Waals surface area contributed by atoms with Crippen molar-refractivity contribution in [2.45, 2.75) is 33.1 Å². The van der Waals surface area contributed by atoms with Crippen LogP contribution >= 0.6 is 0 Å². The maximum atomic E-state index is 4.57. The number of hydrogen-bond donors (Lipinski definition) is 1. The Morgan fingerprint density at radius 2 is 2.00 bits per heavy atom. The van der Waals surface area contributed by atoms with Crippen LogP contribution in [-0.4, -0.2) is 39.3 Å². The lowest BCUT2D eigenvalue weighted by atomic mass is 10.0. The number of aryl methyl sites for hydroxylation is 1. The Kier molecular flexibility index (Phi) is 4.96. The SMILES string of the molecule is CCCC(C)Cc1nnc2cc(-c3ccnc(Nc4ccnn4C)n3)ncn12. The molecule has 0 saturated carbocycles. The van der Waals surface area contributed by atoms with Crippen molar-refractivity contribution < 1.29 is 0 Å². The predicted molar refractivity (Wildman–Crippen MR) is 106 cm³/mol. The summed E-state index contributed by atoms with van der Waals surface area (Å²) in [4.78, 5) is 13.4. The number of fused-ring (bicyclic) bond motifs is 1. The zero-order valence-electron chi connectivity index (χ0n) is 16.2. The van der Waals surface area contributed by atoms with Gasteiger partial charge in [0.05, 0.1) is 17.6 Å². The van der Waals surface area contributed by atoms with Gasteiger partial charge in [-0.2, -0.15) is 5.10 Å². The van der Waals surface area contributed by atoms with Crippen LogP contribution in [0.4, 0.5) is 11.8 Å². The van der Waals surface area contributed by atoms with Gasteiger partial charge in [-0.25, -0.2) is 15.0 Å². The van der Waals surface area contributed by atoms with Gasteiger partial charge >= 0.3 is 0 Å². The molecule has 9 heteroatoms. The molecule has 0 aliphatic heterocycles. The van der Waals surface area contributed by atoms with Crippen LogP contribution in [0, 0.1) is 5.92 Å². The van der Waals surface area contributed by atoms with Crippen LogP contribution in [0.25, 0.3) is 17.0 Å². The van der Waals surface area contributed by atoms with E-state index in [1.165, 1.54) is 12.8 Å². The molecule has 4 rings (SSSR count). The first-order chi connectivity index (χ1) is 13.6. The summed E-state index contributed by atoms with van der Waals surface area (Å²) in [5.41, 5.74) is 2.21. The van der Waals surface area contributed by atoms with E-state index in [4.69, 9.17) is 0 Å². The maximum Gasteiger partial charge on any atom is 0.228 e. The molecule has 1 unspecified atom stereocenters. The summed E-state index contributed by atoms with van der Waals surface area (Å²) in [5.74, 6) is 2.80. The molecule has 0 saturated heterocycles. The monoisotopic (exact) mass is 377 g/mol. The summed E-state index contributed by atoms with van der Waals surface area (Å²) in [7, 11) is 1.85. The van der Waals surface area contributed by atoms with Crippen molar-refractivity contribution in [3.8, 4) is 11.4 Å². The van der Waals surface area contributed by atoms with Crippen molar-refractivity contribution in [2.75, 3.05) is 5.32 Å². The Bertz CT molecular complexity index is 1080. The van der Waals surface area contributed by atoms with E-state index < -0.39 is 0 Å². The van der Waals surface area contributed by atoms with E-state index in [0.717, 1.165) is 29.4 Å². The Hall–Kier alpha value is -3.36. The van der Waals surface area contributed by atoms with E-state index in [9.17, 15) is 0 Å². The summed E-state index contributed by atoms with van der Waals surface area (Å²) in [6, 6.07) is 5.59. The first-order valence-corrected chi connectivity index (χ1v) is 9.42. The summed E-state index contributed by atoms with van der Waals surface area (Å²) in [5, 5.41) is 15.9. The molecule has 4 aromatic heterocycles. The van der Waals surface area contributed by atoms with Crippen molar-refractivity contribution in [1.82, 2.24) is 39.3 Å². The fourth-order valence-corrected chi connectivity index (χ4v) is 3.20. The van der Waals surface area contributed by atoms with Crippen LogP contribution in [0.5, 0.6) is 0 Å². The molecule has 0 aliphatic rings. The molecule has 4 aromatic rings. The second-order valence-electron chi connectivity index (χ2n) is 6.95. The highest BCUT2D eigenvalue weighted by molar-refractivity contribution is 5.61. The topological polar surface area (TPSA) is 98.7 Å². The number of rotatable bonds is 7. The van der Waals surface area contributed by atoms with Gasteiger partial charge in [0.2, 0.25) is 5.95 Å². The molecule has 0 amide bonds. The highest BCUT2D eigenvalue weighted by Crippen LogP contribution is 2.19. The lowest BCUT2D eigenvalue weighted by Crippen LogP contribution is -2.05. The average Bonchev–Trinajstić information content (AvgIpc) is 3.28. The van der Waals surface area contributed by atoms with Gasteiger partial charge < -0.3 is 5.32 Å². The van der Waals surface area contributed by atoms with Crippen LogP contribution in [-0.2, 0) is 13.5 Å². The Morgan fingerprint density at radius 1 is 1.11 bits per heavy atom. The lowest BCUT2D eigenvalue weighted by Gasteiger charge is -2.08. The molecule has 0 bridgehead atoms. The molecule has 9 nitrogen and oxygen atoms in total. The minimum Gasteiger partial charge on any atom is -0.309 e. The molecule has 144 valence electrons. The van der Waals surface area contributed by atoms with Gasteiger partial charge in [-0.1, -0.05) is 26.7 Å². The summed E-state index contributed by atoms with van der Waals surface area (Å²) < 4.78 is 3.67. The molecule has 0 spiro atoms. The van der Waals surface area contributed by atoms with Crippen molar-refractivity contribution in [3.05, 3.63) is 42.7 Å². The molecular formula is C19H23N9. The normalized spacial score (nSPS) is 12.4. The lowest BCUT2D eigenvalue weighted by molar-refractivity contribution is 0.507. The van der Waals surface area contributed by atoms with Gasteiger partial charge in [-0.05, 0) is 12.0 Å². The van der Waals surface area contributed by atoms with Crippen molar-refractivity contribution >= 4 is 17.4 Å². The zero-order chi connectivity index (χ0) is 19.5. The van der Waals surface area contributed by atoms with Gasteiger partial charge in [0.25, 0.3) is 0 Å². The van der Waals surface area contributed by atoms with Gasteiger partial charge in [-0.15, -0.1) is 10.2 Å². The van der Waals surface area contributed by atoms with E-state index in [2.05, 4.69) is 49.4 Å². The minimum atomic E-state index is 0.485. The average molecular weight is 377 g/mol. The number of aromatic nitrogens is 8. The highest BCUT2D eigenvalue weighted by Gasteiger charge is 2.12. The van der Waals surface area contributed by atoms with Gasteiger partial charge in [-0.3, -0.25) is 9.08 Å². The summed E-state index contributed by atoms with van der Waals surface area (Å²) >= 11 is 0. The van der Waals surface area contributed by atoms with E-state index in [-0.39, 0.29) is 0 Å². The van der Waals surface area contributed by atoms with E-state index >= 15 is 0 Å². The number of nitrogens with one attached hydrogen (secondary N) is 1. The highest BCUT2D eigenvalue weighted by atomic mass is 15.3. The largest absolute Gasteiger partial charge is 0.309 e. The fraction of sp³-hybridized carbons (Fsp3) is 0.368. The first-order valence-electron chi connectivity index (χ1n) is 9.42. The second kappa shape index (κ2) is 7.71. The molecule has 1 atom stereocenters. The molecule has 0 aromatic carbocycles. The molecule has 1 N–H and O–H groups in total. The van der Waals surface area contributed by atoms with Gasteiger partial charge in [0, 0.05) is 31.8 Å². The maximum absolute atomic E-state index is 4.57. The third-order valence-electron chi connectivity index (χ3n) is 4.66. The Balaban J connectivity index is 1.59. The minimum absolute atomic E-state index is 0.485. The quantitative estimate of drug-likeness (QED) is 0.528. The van der Waals surface area contributed by atoms with Crippen LogP contribution in [0.2, 0.25) is 0 Å². The smallest absolute Gasteiger partial charge is 0.228 e.